The van der Waals surface area contributed by atoms with Crippen LogP contribution in [0.25, 0.3) is 0 Å². The summed E-state index contributed by atoms with van der Waals surface area (Å²) < 4.78 is 0. The van der Waals surface area contributed by atoms with Crippen LogP contribution in [-0.4, -0.2) is 5.54 Å². The highest BCUT2D eigenvalue weighted by atomic mass is 14.8. The van der Waals surface area contributed by atoms with Crippen LogP contribution in [0.5, 0.6) is 0 Å². The third-order valence-electron chi connectivity index (χ3n) is 3.70. The Hall–Kier alpha value is -0.0400. The summed E-state index contributed by atoms with van der Waals surface area (Å²) in [4.78, 5) is 0. The Morgan fingerprint density at radius 1 is 1.00 bits per heavy atom. The second kappa shape index (κ2) is 1.76. The first-order valence-electron chi connectivity index (χ1n) is 4.45. The lowest BCUT2D eigenvalue weighted by Crippen LogP contribution is -2.44. The smallest absolute Gasteiger partial charge is 0.0208 e. The molecule has 0 aliphatic heterocycles. The van der Waals surface area contributed by atoms with E-state index in [4.69, 9.17) is 5.73 Å². The van der Waals surface area contributed by atoms with Crippen LogP contribution in [0.3, 0.4) is 0 Å². The first-order chi connectivity index (χ1) is 4.66. The highest BCUT2D eigenvalue weighted by Crippen LogP contribution is 2.57. The summed E-state index contributed by atoms with van der Waals surface area (Å²) in [5.74, 6) is 0. The second-order valence-electron chi connectivity index (χ2n) is 4.42. The zero-order valence-corrected chi connectivity index (χ0v) is 6.82. The molecule has 0 aromatic rings. The van der Waals surface area contributed by atoms with E-state index in [1.165, 1.54) is 38.5 Å². The molecule has 0 aromatic carbocycles. The van der Waals surface area contributed by atoms with Crippen molar-refractivity contribution in [1.82, 2.24) is 0 Å². The van der Waals surface area contributed by atoms with E-state index in [2.05, 4.69) is 6.92 Å². The second-order valence-corrected chi connectivity index (χ2v) is 4.42. The quantitative estimate of drug-likeness (QED) is 0.591. The molecule has 2 fully saturated rings. The van der Waals surface area contributed by atoms with Crippen molar-refractivity contribution in [2.75, 3.05) is 0 Å². The standard InChI is InChI=1S/C9H17N/c1-8(6-7-8)9(10)4-2-3-5-9/h2-7,10H2,1H3. The largest absolute Gasteiger partial charge is 0.325 e. The van der Waals surface area contributed by atoms with Gasteiger partial charge in [-0.1, -0.05) is 19.8 Å². The Labute approximate surface area is 63.0 Å². The maximum Gasteiger partial charge on any atom is 0.0208 e. The lowest BCUT2D eigenvalue weighted by molar-refractivity contribution is 0.274. The predicted molar refractivity (Wildman–Crippen MR) is 42.7 cm³/mol. The Morgan fingerprint density at radius 2 is 1.50 bits per heavy atom. The van der Waals surface area contributed by atoms with E-state index in [-0.39, 0.29) is 5.54 Å². The molecule has 0 heterocycles. The van der Waals surface area contributed by atoms with Crippen LogP contribution in [0.1, 0.15) is 45.4 Å². The molecule has 2 N–H and O–H groups in total. The van der Waals surface area contributed by atoms with Gasteiger partial charge in [0, 0.05) is 5.54 Å². The van der Waals surface area contributed by atoms with Crippen LogP contribution in [0, 0.1) is 5.41 Å². The average Bonchev–Trinajstić information content (AvgIpc) is 2.46. The molecule has 2 aliphatic carbocycles. The molecule has 2 saturated carbocycles. The van der Waals surface area contributed by atoms with E-state index in [0.717, 1.165) is 0 Å². The van der Waals surface area contributed by atoms with Crippen LogP contribution in [-0.2, 0) is 0 Å². The van der Waals surface area contributed by atoms with E-state index in [0.29, 0.717) is 5.41 Å². The van der Waals surface area contributed by atoms with Gasteiger partial charge in [-0.05, 0) is 31.1 Å². The average molecular weight is 139 g/mol. The van der Waals surface area contributed by atoms with Crippen molar-refractivity contribution in [2.24, 2.45) is 11.1 Å². The van der Waals surface area contributed by atoms with Gasteiger partial charge in [-0.25, -0.2) is 0 Å². The molecule has 2 aliphatic rings. The van der Waals surface area contributed by atoms with Gasteiger partial charge in [0.05, 0.1) is 0 Å². The van der Waals surface area contributed by atoms with E-state index in [1.54, 1.807) is 0 Å². The fourth-order valence-electron chi connectivity index (χ4n) is 2.29. The van der Waals surface area contributed by atoms with Crippen molar-refractivity contribution < 1.29 is 0 Å². The molecule has 2 rings (SSSR count). The maximum atomic E-state index is 6.30. The van der Waals surface area contributed by atoms with Crippen LogP contribution < -0.4 is 5.73 Å². The molecular weight excluding hydrogens is 122 g/mol. The third-order valence-corrected chi connectivity index (χ3v) is 3.70. The summed E-state index contributed by atoms with van der Waals surface area (Å²) in [7, 11) is 0. The van der Waals surface area contributed by atoms with Gasteiger partial charge in [0.25, 0.3) is 0 Å². The summed E-state index contributed by atoms with van der Waals surface area (Å²) in [6.45, 7) is 2.36. The molecule has 0 radical (unpaired) electrons. The van der Waals surface area contributed by atoms with Crippen LogP contribution in [0.15, 0.2) is 0 Å². The number of nitrogens with two attached hydrogens (primary N) is 1. The zero-order chi connectivity index (χ0) is 7.24. The normalized spacial score (nSPS) is 34.2. The van der Waals surface area contributed by atoms with Gasteiger partial charge >= 0.3 is 0 Å². The Morgan fingerprint density at radius 3 is 1.90 bits per heavy atom. The first-order valence-corrected chi connectivity index (χ1v) is 4.45. The van der Waals surface area contributed by atoms with E-state index >= 15 is 0 Å². The van der Waals surface area contributed by atoms with Gasteiger partial charge in [-0.15, -0.1) is 0 Å². The molecule has 0 saturated heterocycles. The van der Waals surface area contributed by atoms with Crippen LogP contribution in [0.4, 0.5) is 0 Å². The Kier molecular flexibility index (Phi) is 1.17. The fourth-order valence-corrected chi connectivity index (χ4v) is 2.29. The van der Waals surface area contributed by atoms with Crippen molar-refractivity contribution >= 4 is 0 Å². The Balaban J connectivity index is 2.13. The summed E-state index contributed by atoms with van der Waals surface area (Å²) in [5.41, 5.74) is 7.09. The zero-order valence-electron chi connectivity index (χ0n) is 6.82. The lowest BCUT2D eigenvalue weighted by atomic mass is 9.82. The highest BCUT2D eigenvalue weighted by Gasteiger charge is 2.54. The van der Waals surface area contributed by atoms with Crippen molar-refractivity contribution in [3.63, 3.8) is 0 Å². The molecule has 1 heteroatoms. The van der Waals surface area contributed by atoms with Gasteiger partial charge in [0.15, 0.2) is 0 Å². The topological polar surface area (TPSA) is 26.0 Å². The molecular formula is C9H17N. The molecule has 1 nitrogen and oxygen atoms in total. The molecule has 10 heavy (non-hydrogen) atoms. The van der Waals surface area contributed by atoms with Crippen molar-refractivity contribution in [2.45, 2.75) is 51.0 Å². The van der Waals surface area contributed by atoms with Gasteiger partial charge in [-0.2, -0.15) is 0 Å². The number of rotatable bonds is 1. The van der Waals surface area contributed by atoms with Gasteiger partial charge in [-0.3, -0.25) is 0 Å². The number of hydrogen-bond acceptors (Lipinski definition) is 1. The maximum absolute atomic E-state index is 6.30. The molecule has 0 bridgehead atoms. The van der Waals surface area contributed by atoms with Crippen molar-refractivity contribution in [3.8, 4) is 0 Å². The lowest BCUT2D eigenvalue weighted by Gasteiger charge is -2.31. The predicted octanol–water partition coefficient (Wildman–Crippen LogP) is 2.06. The highest BCUT2D eigenvalue weighted by molar-refractivity contribution is 5.10. The molecule has 0 unspecified atom stereocenters. The van der Waals surface area contributed by atoms with Crippen molar-refractivity contribution in [3.05, 3.63) is 0 Å². The van der Waals surface area contributed by atoms with E-state index in [1.807, 2.05) is 0 Å². The molecule has 0 aromatic heterocycles. The number of hydrogen-bond donors (Lipinski definition) is 1. The third kappa shape index (κ3) is 0.731. The molecule has 0 spiro atoms. The van der Waals surface area contributed by atoms with Crippen molar-refractivity contribution in [1.29, 1.82) is 0 Å². The minimum atomic E-state index is 0.243. The first kappa shape index (κ1) is 6.66. The Bertz CT molecular complexity index is 141. The van der Waals surface area contributed by atoms with Crippen LogP contribution >= 0.6 is 0 Å². The summed E-state index contributed by atoms with van der Waals surface area (Å²) >= 11 is 0. The minimum absolute atomic E-state index is 0.243. The molecule has 0 amide bonds. The summed E-state index contributed by atoms with van der Waals surface area (Å²) in [6, 6.07) is 0. The van der Waals surface area contributed by atoms with Gasteiger partial charge in [0.1, 0.15) is 0 Å². The van der Waals surface area contributed by atoms with E-state index in [9.17, 15) is 0 Å². The molecule has 0 atom stereocenters. The summed E-state index contributed by atoms with van der Waals surface area (Å²) in [5, 5.41) is 0. The SMILES string of the molecule is CC1(C2(N)CCCC2)CC1. The van der Waals surface area contributed by atoms with Crippen LogP contribution in [0.2, 0.25) is 0 Å². The van der Waals surface area contributed by atoms with E-state index < -0.39 is 0 Å². The summed E-state index contributed by atoms with van der Waals surface area (Å²) in [6.07, 6.45) is 8.05. The van der Waals surface area contributed by atoms with Gasteiger partial charge in [0.2, 0.25) is 0 Å². The minimum Gasteiger partial charge on any atom is -0.325 e. The van der Waals surface area contributed by atoms with Gasteiger partial charge < -0.3 is 5.73 Å². The monoisotopic (exact) mass is 139 g/mol. The fraction of sp³-hybridized carbons (Fsp3) is 1.00. The molecule has 58 valence electrons.